The van der Waals surface area contributed by atoms with Gasteiger partial charge in [0.2, 0.25) is 0 Å². The molecule has 0 amide bonds. The molecule has 4 nitrogen and oxygen atoms in total. The minimum absolute atomic E-state index is 0.0462. The van der Waals surface area contributed by atoms with Gasteiger partial charge in [-0.3, -0.25) is 9.59 Å². The predicted molar refractivity (Wildman–Crippen MR) is 137 cm³/mol. The van der Waals surface area contributed by atoms with Crippen molar-refractivity contribution in [3.8, 4) is 0 Å². The van der Waals surface area contributed by atoms with Crippen LogP contribution in [0, 0.1) is 40.4 Å². The van der Waals surface area contributed by atoms with E-state index in [0.29, 0.717) is 29.1 Å². The van der Waals surface area contributed by atoms with Crippen LogP contribution in [0.5, 0.6) is 0 Å². The van der Waals surface area contributed by atoms with Crippen LogP contribution in [0.2, 0.25) is 0 Å². The van der Waals surface area contributed by atoms with Crippen LogP contribution in [0.4, 0.5) is 0 Å². The Kier molecular flexibility index (Phi) is 6.54. The lowest BCUT2D eigenvalue weighted by Crippen LogP contribution is -2.56. The molecule has 4 saturated carbocycles. The van der Waals surface area contributed by atoms with Crippen molar-refractivity contribution < 1.29 is 19.8 Å². The highest BCUT2D eigenvalue weighted by atomic mass is 16.3. The third-order valence-corrected chi connectivity index (χ3v) is 11.6. The van der Waals surface area contributed by atoms with Gasteiger partial charge in [-0.2, -0.15) is 0 Å². The first kappa shape index (κ1) is 25.1. The largest absolute Gasteiger partial charge is 0.390 e. The summed E-state index contributed by atoms with van der Waals surface area (Å²) in [6.07, 6.45) is 11.3. The maximum Gasteiger partial charge on any atom is 0.161 e. The van der Waals surface area contributed by atoms with Crippen LogP contribution in [0.15, 0.2) is 24.3 Å². The SMILES string of the molecule is CC(=O)c1ccc(CC[C@@]2(O)CC[C@@]3(C)[C@H](CC[C@@H]4[C@@H]3CC[C@]3(C)[C@@H](C(=O)CO)CC[C@@H]43)C2)cc1. The zero-order valence-corrected chi connectivity index (χ0v) is 21.9. The first-order valence-corrected chi connectivity index (χ1v) is 14.1. The van der Waals surface area contributed by atoms with Crippen LogP contribution in [-0.2, 0) is 11.2 Å². The summed E-state index contributed by atoms with van der Waals surface area (Å²) in [7, 11) is 0. The molecule has 0 bridgehead atoms. The van der Waals surface area contributed by atoms with Gasteiger partial charge in [-0.15, -0.1) is 0 Å². The molecule has 5 rings (SSSR count). The van der Waals surface area contributed by atoms with Crippen molar-refractivity contribution in [1.82, 2.24) is 0 Å². The molecule has 0 aliphatic heterocycles. The maximum atomic E-state index is 12.5. The fourth-order valence-corrected chi connectivity index (χ4v) is 9.47. The van der Waals surface area contributed by atoms with Crippen molar-refractivity contribution in [3.05, 3.63) is 35.4 Å². The number of aliphatic hydroxyl groups excluding tert-OH is 1. The average molecular weight is 481 g/mol. The molecule has 35 heavy (non-hydrogen) atoms. The summed E-state index contributed by atoms with van der Waals surface area (Å²) in [5.41, 5.74) is 1.71. The zero-order valence-electron chi connectivity index (χ0n) is 21.9. The van der Waals surface area contributed by atoms with Crippen molar-refractivity contribution in [1.29, 1.82) is 0 Å². The number of hydrogen-bond donors (Lipinski definition) is 2. The lowest BCUT2D eigenvalue weighted by atomic mass is 9.43. The van der Waals surface area contributed by atoms with Crippen molar-refractivity contribution >= 4 is 11.6 Å². The molecule has 4 aliphatic carbocycles. The Labute approximate surface area is 210 Å². The fraction of sp³-hybridized carbons (Fsp3) is 0.742. The Morgan fingerprint density at radius 2 is 1.63 bits per heavy atom. The Morgan fingerprint density at radius 3 is 2.31 bits per heavy atom. The number of rotatable bonds is 6. The Balaban J connectivity index is 1.26. The average Bonchev–Trinajstić information content (AvgIpc) is 3.20. The topological polar surface area (TPSA) is 74.6 Å². The first-order valence-electron chi connectivity index (χ1n) is 14.1. The molecule has 0 heterocycles. The van der Waals surface area contributed by atoms with Gasteiger partial charge in [-0.1, -0.05) is 38.1 Å². The molecule has 1 aromatic rings. The fourth-order valence-electron chi connectivity index (χ4n) is 9.47. The minimum atomic E-state index is -0.592. The highest BCUT2D eigenvalue weighted by Gasteiger charge is 2.61. The Bertz CT molecular complexity index is 969. The van der Waals surface area contributed by atoms with Gasteiger partial charge in [0, 0.05) is 11.5 Å². The van der Waals surface area contributed by atoms with E-state index in [9.17, 15) is 19.8 Å². The summed E-state index contributed by atoms with van der Waals surface area (Å²) in [4.78, 5) is 24.1. The van der Waals surface area contributed by atoms with Crippen molar-refractivity contribution in [2.24, 2.45) is 40.4 Å². The van der Waals surface area contributed by atoms with Gasteiger partial charge >= 0.3 is 0 Å². The van der Waals surface area contributed by atoms with E-state index in [4.69, 9.17) is 0 Å². The predicted octanol–water partition coefficient (Wildman–Crippen LogP) is 5.77. The molecule has 192 valence electrons. The van der Waals surface area contributed by atoms with Crippen LogP contribution in [0.3, 0.4) is 0 Å². The molecule has 4 fully saturated rings. The molecule has 4 aliphatic rings. The molecule has 1 aromatic carbocycles. The van der Waals surface area contributed by atoms with E-state index < -0.39 is 5.60 Å². The maximum absolute atomic E-state index is 12.5. The number of aryl methyl sites for hydroxylation is 1. The Hall–Kier alpha value is -1.52. The van der Waals surface area contributed by atoms with E-state index in [-0.39, 0.29) is 29.5 Å². The summed E-state index contributed by atoms with van der Waals surface area (Å²) in [5.74, 6) is 2.77. The highest BCUT2D eigenvalue weighted by Crippen LogP contribution is 2.68. The molecule has 8 atom stereocenters. The van der Waals surface area contributed by atoms with Gasteiger partial charge in [0.1, 0.15) is 6.61 Å². The molecule has 0 saturated heterocycles. The quantitative estimate of drug-likeness (QED) is 0.507. The molecular formula is C31H44O4. The molecule has 0 spiro atoms. The van der Waals surface area contributed by atoms with Crippen LogP contribution >= 0.6 is 0 Å². The second kappa shape index (κ2) is 9.10. The van der Waals surface area contributed by atoms with Crippen LogP contribution in [0.1, 0.15) is 101 Å². The molecule has 0 radical (unpaired) electrons. The van der Waals surface area contributed by atoms with E-state index in [2.05, 4.69) is 13.8 Å². The second-order valence-corrected chi connectivity index (χ2v) is 13.1. The minimum Gasteiger partial charge on any atom is -0.390 e. The molecule has 2 N–H and O–H groups in total. The lowest BCUT2D eigenvalue weighted by molar-refractivity contribution is -0.155. The summed E-state index contributed by atoms with van der Waals surface area (Å²) >= 11 is 0. The number of Topliss-reactive ketones (excluding diaryl/α,β-unsaturated/α-hetero) is 2. The number of carbonyl (C=O) groups excluding carboxylic acids is 2. The summed E-state index contributed by atoms with van der Waals surface area (Å²) in [6.45, 7) is 6.15. The first-order chi connectivity index (χ1) is 16.6. The van der Waals surface area contributed by atoms with E-state index in [1.165, 1.54) is 24.8 Å². The number of hydrogen-bond acceptors (Lipinski definition) is 4. The number of fused-ring (bicyclic) bond motifs is 5. The number of ketones is 2. The van der Waals surface area contributed by atoms with Crippen LogP contribution in [-0.4, -0.2) is 34.0 Å². The molecule has 0 aromatic heterocycles. The third-order valence-electron chi connectivity index (χ3n) is 11.6. The van der Waals surface area contributed by atoms with Crippen LogP contribution in [0.25, 0.3) is 0 Å². The van der Waals surface area contributed by atoms with E-state index in [1.54, 1.807) is 6.92 Å². The van der Waals surface area contributed by atoms with Gasteiger partial charge in [0.05, 0.1) is 5.60 Å². The van der Waals surface area contributed by atoms with Gasteiger partial charge in [0.25, 0.3) is 0 Å². The molecule has 0 unspecified atom stereocenters. The molecule has 4 heteroatoms. The number of carbonyl (C=O) groups is 2. The van der Waals surface area contributed by atoms with E-state index >= 15 is 0 Å². The van der Waals surface area contributed by atoms with Gasteiger partial charge in [0.15, 0.2) is 11.6 Å². The van der Waals surface area contributed by atoms with Gasteiger partial charge in [-0.25, -0.2) is 0 Å². The summed E-state index contributed by atoms with van der Waals surface area (Å²) in [6, 6.07) is 7.88. The van der Waals surface area contributed by atoms with Gasteiger partial charge < -0.3 is 10.2 Å². The molecular weight excluding hydrogens is 436 g/mol. The standard InChI is InChI=1S/C31H44O4/c1-20(33)22-6-4-21(5-7-22)12-15-31(35)17-16-29(2)23(18-31)8-9-24-25-10-11-27(28(34)19-32)30(25,3)14-13-26(24)29/h4-7,23-27,32,35H,8-19H2,1-3H3/t23-,24+,25+,26+,27-,29+,30+,31-/m1/s1. The highest BCUT2D eigenvalue weighted by molar-refractivity contribution is 5.94. The third kappa shape index (κ3) is 4.23. The zero-order chi connectivity index (χ0) is 25.0. The van der Waals surface area contributed by atoms with Gasteiger partial charge in [-0.05, 0) is 118 Å². The van der Waals surface area contributed by atoms with E-state index in [1.807, 2.05) is 24.3 Å². The van der Waals surface area contributed by atoms with Crippen molar-refractivity contribution in [2.45, 2.75) is 97.0 Å². The summed E-state index contributed by atoms with van der Waals surface area (Å²) < 4.78 is 0. The van der Waals surface area contributed by atoms with Crippen LogP contribution < -0.4 is 0 Å². The lowest BCUT2D eigenvalue weighted by Gasteiger charge is -2.62. The summed E-state index contributed by atoms with van der Waals surface area (Å²) in [5, 5.41) is 21.2. The van der Waals surface area contributed by atoms with E-state index in [0.717, 1.165) is 56.9 Å². The second-order valence-electron chi connectivity index (χ2n) is 13.1. The smallest absolute Gasteiger partial charge is 0.161 e. The normalized spacial score (nSPS) is 42.6. The number of aliphatic hydroxyl groups is 2. The Morgan fingerprint density at radius 1 is 0.914 bits per heavy atom. The van der Waals surface area contributed by atoms with Crippen molar-refractivity contribution in [3.63, 3.8) is 0 Å². The van der Waals surface area contributed by atoms with Crippen molar-refractivity contribution in [2.75, 3.05) is 6.61 Å². The number of benzene rings is 1. The monoisotopic (exact) mass is 480 g/mol.